The van der Waals surface area contributed by atoms with Crippen molar-refractivity contribution in [3.8, 4) is 5.75 Å². The molecule has 0 radical (unpaired) electrons. The van der Waals surface area contributed by atoms with Gasteiger partial charge in [-0.25, -0.2) is 0 Å². The Morgan fingerprint density at radius 1 is 1.32 bits per heavy atom. The van der Waals surface area contributed by atoms with Crippen LogP contribution in [0.4, 0.5) is 5.69 Å². The van der Waals surface area contributed by atoms with Gasteiger partial charge < -0.3 is 35.8 Å². The zero-order chi connectivity index (χ0) is 24.3. The first-order valence-electron chi connectivity index (χ1n) is 11.1. The quantitative estimate of drug-likeness (QED) is 0.269. The van der Waals surface area contributed by atoms with Gasteiger partial charge in [-0.1, -0.05) is 18.2 Å². The number of aliphatic hydroxyl groups excluding tert-OH is 1. The summed E-state index contributed by atoms with van der Waals surface area (Å²) in [4.78, 5) is 31.6. The fraction of sp³-hybridized carbons (Fsp3) is 0.375. The van der Waals surface area contributed by atoms with Gasteiger partial charge in [0, 0.05) is 19.3 Å². The largest absolute Gasteiger partial charge is 0.506 e. The molecule has 1 aromatic carbocycles. The molecule has 2 aliphatic heterocycles. The predicted octanol–water partition coefficient (Wildman–Crippen LogP) is 0.782. The van der Waals surface area contributed by atoms with Crippen LogP contribution in [0.2, 0.25) is 0 Å². The first kappa shape index (κ1) is 23.7. The van der Waals surface area contributed by atoms with Crippen molar-refractivity contribution in [3.05, 3.63) is 65.6 Å². The van der Waals surface area contributed by atoms with E-state index in [0.717, 1.165) is 11.3 Å². The molecule has 3 atom stereocenters. The number of anilines is 1. The molecule has 180 valence electrons. The van der Waals surface area contributed by atoms with E-state index >= 15 is 0 Å². The first-order valence-corrected chi connectivity index (χ1v) is 11.1. The number of hydrogen-bond acceptors (Lipinski definition) is 8. The van der Waals surface area contributed by atoms with Crippen molar-refractivity contribution in [1.82, 2.24) is 20.5 Å². The van der Waals surface area contributed by atoms with E-state index < -0.39 is 29.6 Å². The number of aromatic nitrogens is 1. The molecule has 1 fully saturated rings. The highest BCUT2D eigenvalue weighted by atomic mass is 16.6. The number of phenols is 1. The SMILES string of the molecule is CNC/C=C\Nc1ccc([C@@H](C)NC(=O)[C@]2([C@@H](O)C(=O)N3Cc4cccnc4C3)CO2)cc1O. The number of hydrogen-bond donors (Lipinski definition) is 5. The molecule has 10 heteroatoms. The Kier molecular flexibility index (Phi) is 6.82. The molecule has 2 amide bonds. The number of ether oxygens (including phenoxy) is 1. The summed E-state index contributed by atoms with van der Waals surface area (Å²) >= 11 is 0. The van der Waals surface area contributed by atoms with Gasteiger partial charge in [-0.15, -0.1) is 0 Å². The van der Waals surface area contributed by atoms with Crippen LogP contribution in [-0.4, -0.2) is 63.8 Å². The number of epoxide rings is 1. The van der Waals surface area contributed by atoms with Crippen molar-refractivity contribution in [2.75, 3.05) is 25.5 Å². The summed E-state index contributed by atoms with van der Waals surface area (Å²) in [6.07, 6.45) is 3.62. The first-order chi connectivity index (χ1) is 16.4. The van der Waals surface area contributed by atoms with Crippen LogP contribution in [-0.2, 0) is 27.4 Å². The van der Waals surface area contributed by atoms with E-state index in [1.807, 2.05) is 19.2 Å². The highest BCUT2D eigenvalue weighted by Gasteiger charge is 2.61. The lowest BCUT2D eigenvalue weighted by molar-refractivity contribution is -0.150. The van der Waals surface area contributed by atoms with Crippen LogP contribution in [0, 0.1) is 0 Å². The Bertz CT molecular complexity index is 1080. The van der Waals surface area contributed by atoms with Crippen LogP contribution in [0.15, 0.2) is 48.8 Å². The number of rotatable bonds is 9. The van der Waals surface area contributed by atoms with Crippen LogP contribution in [0.1, 0.15) is 29.8 Å². The van der Waals surface area contributed by atoms with Gasteiger partial charge in [0.25, 0.3) is 11.8 Å². The van der Waals surface area contributed by atoms with Gasteiger partial charge in [0.2, 0.25) is 5.60 Å². The smallest absolute Gasteiger partial charge is 0.258 e. The number of pyridine rings is 1. The van der Waals surface area contributed by atoms with Gasteiger partial charge in [-0.3, -0.25) is 14.6 Å². The molecule has 1 aromatic heterocycles. The second-order valence-electron chi connectivity index (χ2n) is 8.46. The highest BCUT2D eigenvalue weighted by Crippen LogP contribution is 2.35. The normalized spacial score (nSPS) is 20.6. The third-order valence-electron chi connectivity index (χ3n) is 6.06. The summed E-state index contributed by atoms with van der Waals surface area (Å²) in [7, 11) is 1.83. The van der Waals surface area contributed by atoms with Gasteiger partial charge >= 0.3 is 0 Å². The molecule has 0 bridgehead atoms. The number of likely N-dealkylation sites (N-methyl/N-ethyl adjacent to an activating group) is 1. The lowest BCUT2D eigenvalue weighted by Crippen LogP contribution is -2.53. The Morgan fingerprint density at radius 2 is 2.12 bits per heavy atom. The number of aliphatic hydroxyl groups is 1. The third-order valence-corrected chi connectivity index (χ3v) is 6.06. The Labute approximate surface area is 197 Å². The Balaban J connectivity index is 1.37. The number of aromatic hydroxyl groups is 1. The van der Waals surface area contributed by atoms with E-state index in [4.69, 9.17) is 4.74 Å². The van der Waals surface area contributed by atoms with Crippen LogP contribution < -0.4 is 16.0 Å². The van der Waals surface area contributed by atoms with Crippen LogP contribution in [0.25, 0.3) is 0 Å². The fourth-order valence-electron chi connectivity index (χ4n) is 3.89. The van der Waals surface area contributed by atoms with Crippen molar-refractivity contribution >= 4 is 17.5 Å². The summed E-state index contributed by atoms with van der Waals surface area (Å²) in [5.41, 5.74) is 1.27. The van der Waals surface area contributed by atoms with E-state index in [9.17, 15) is 19.8 Å². The average molecular weight is 468 g/mol. The standard InChI is InChI=1S/C24H29N5O5/c1-15(16-6-7-18(20(30)11-16)26-10-4-8-25-2)28-23(33)24(14-34-24)21(31)22(32)29-12-17-5-3-9-27-19(17)13-29/h3-7,9-11,15,21,25-26,30-31H,8,12-14H2,1-2H3,(H,28,33)/b10-4-/t15-,21+,24-/m1/s1. The zero-order valence-electron chi connectivity index (χ0n) is 19.1. The minimum absolute atomic E-state index is 0.0301. The molecule has 1 saturated heterocycles. The fourth-order valence-corrected chi connectivity index (χ4v) is 3.89. The van der Waals surface area contributed by atoms with E-state index in [1.54, 1.807) is 43.6 Å². The molecule has 0 spiro atoms. The molecular weight excluding hydrogens is 438 g/mol. The molecule has 0 saturated carbocycles. The third kappa shape index (κ3) is 4.74. The van der Waals surface area contributed by atoms with E-state index in [-0.39, 0.29) is 18.9 Å². The molecule has 2 aliphatic rings. The van der Waals surface area contributed by atoms with Gasteiger partial charge in [0.15, 0.2) is 6.10 Å². The maximum Gasteiger partial charge on any atom is 0.258 e. The van der Waals surface area contributed by atoms with Crippen molar-refractivity contribution in [1.29, 1.82) is 0 Å². The van der Waals surface area contributed by atoms with E-state index in [1.165, 1.54) is 4.90 Å². The Morgan fingerprint density at radius 3 is 2.79 bits per heavy atom. The minimum atomic E-state index is -1.63. The number of benzene rings is 1. The minimum Gasteiger partial charge on any atom is -0.506 e. The molecular formula is C24H29N5O5. The predicted molar refractivity (Wildman–Crippen MR) is 125 cm³/mol. The van der Waals surface area contributed by atoms with Gasteiger partial charge in [-0.2, -0.15) is 0 Å². The number of phenolic OH excluding ortho intramolecular Hbond substituents is 1. The van der Waals surface area contributed by atoms with Gasteiger partial charge in [-0.05, 0) is 49.5 Å². The lowest BCUT2D eigenvalue weighted by Gasteiger charge is -2.25. The van der Waals surface area contributed by atoms with Gasteiger partial charge in [0.05, 0.1) is 30.6 Å². The van der Waals surface area contributed by atoms with Crippen molar-refractivity contribution < 1.29 is 24.5 Å². The van der Waals surface area contributed by atoms with Crippen LogP contribution in [0.3, 0.4) is 0 Å². The number of amides is 2. The second kappa shape index (κ2) is 9.80. The molecule has 0 unspecified atom stereocenters. The van der Waals surface area contributed by atoms with Crippen LogP contribution in [0.5, 0.6) is 5.75 Å². The van der Waals surface area contributed by atoms with Gasteiger partial charge in [0.1, 0.15) is 5.75 Å². The summed E-state index contributed by atoms with van der Waals surface area (Å²) in [6, 6.07) is 8.22. The average Bonchev–Trinajstić information content (AvgIpc) is 3.54. The molecule has 0 aliphatic carbocycles. The van der Waals surface area contributed by atoms with E-state index in [2.05, 4.69) is 20.9 Å². The van der Waals surface area contributed by atoms with Crippen LogP contribution >= 0.6 is 0 Å². The Hall–Kier alpha value is -3.47. The monoisotopic (exact) mass is 467 g/mol. The molecule has 2 aromatic rings. The number of nitrogens with one attached hydrogen (secondary N) is 3. The van der Waals surface area contributed by atoms with Crippen molar-refractivity contribution in [3.63, 3.8) is 0 Å². The lowest BCUT2D eigenvalue weighted by atomic mass is 9.99. The number of carbonyl (C=O) groups is 2. The number of carbonyl (C=O) groups excluding carboxylic acids is 2. The maximum absolute atomic E-state index is 13.0. The molecule has 4 rings (SSSR count). The molecule has 5 N–H and O–H groups in total. The number of nitrogens with zero attached hydrogens (tertiary/aromatic N) is 2. The summed E-state index contributed by atoms with van der Waals surface area (Å²) < 4.78 is 5.32. The molecule has 10 nitrogen and oxygen atoms in total. The van der Waals surface area contributed by atoms with Crippen molar-refractivity contribution in [2.45, 2.75) is 37.8 Å². The summed E-state index contributed by atoms with van der Waals surface area (Å²) in [5.74, 6) is -1.12. The highest BCUT2D eigenvalue weighted by molar-refractivity contribution is 5.96. The second-order valence-corrected chi connectivity index (χ2v) is 8.46. The molecule has 3 heterocycles. The van der Waals surface area contributed by atoms with E-state index in [0.29, 0.717) is 24.3 Å². The zero-order valence-corrected chi connectivity index (χ0v) is 19.1. The summed E-state index contributed by atoms with van der Waals surface area (Å²) in [6.45, 7) is 3.00. The summed E-state index contributed by atoms with van der Waals surface area (Å²) in [5, 5.41) is 29.8. The van der Waals surface area contributed by atoms with Crippen molar-refractivity contribution in [2.24, 2.45) is 0 Å². The topological polar surface area (TPSA) is 139 Å². The number of fused-ring (bicyclic) bond motifs is 1. The molecule has 34 heavy (non-hydrogen) atoms. The maximum atomic E-state index is 13.0.